The molecule has 2 rings (SSSR count). The van der Waals surface area contributed by atoms with Crippen molar-refractivity contribution in [1.82, 2.24) is 9.80 Å². The van der Waals surface area contributed by atoms with Gasteiger partial charge in [0.2, 0.25) is 0 Å². The summed E-state index contributed by atoms with van der Waals surface area (Å²) in [5, 5.41) is 0. The average molecular weight is 200 g/mol. The number of rotatable bonds is 3. The first-order valence-corrected chi connectivity index (χ1v) is 5.83. The van der Waals surface area contributed by atoms with Crippen molar-refractivity contribution in [2.24, 2.45) is 5.92 Å². The third-order valence-corrected chi connectivity index (χ3v) is 3.39. The van der Waals surface area contributed by atoms with E-state index < -0.39 is 6.17 Å². The van der Waals surface area contributed by atoms with E-state index in [4.69, 9.17) is 0 Å². The Morgan fingerprint density at radius 3 is 2.50 bits per heavy atom. The summed E-state index contributed by atoms with van der Waals surface area (Å²) in [7, 11) is 0. The number of halogens is 1. The van der Waals surface area contributed by atoms with E-state index in [0.29, 0.717) is 13.1 Å². The number of piperidine rings is 1. The predicted octanol–water partition coefficient (Wildman–Crippen LogP) is 1.37. The van der Waals surface area contributed by atoms with E-state index >= 15 is 0 Å². The molecule has 0 amide bonds. The zero-order valence-corrected chi connectivity index (χ0v) is 9.08. The Balaban J connectivity index is 1.60. The van der Waals surface area contributed by atoms with Gasteiger partial charge < -0.3 is 4.90 Å². The maximum absolute atomic E-state index is 12.5. The van der Waals surface area contributed by atoms with Crippen LogP contribution < -0.4 is 0 Å². The molecule has 0 bridgehead atoms. The van der Waals surface area contributed by atoms with Crippen molar-refractivity contribution in [3.05, 3.63) is 0 Å². The fourth-order valence-corrected chi connectivity index (χ4v) is 2.46. The van der Waals surface area contributed by atoms with E-state index in [1.165, 1.54) is 25.9 Å². The van der Waals surface area contributed by atoms with Crippen molar-refractivity contribution in [1.29, 1.82) is 0 Å². The first kappa shape index (κ1) is 10.4. The van der Waals surface area contributed by atoms with Gasteiger partial charge in [-0.1, -0.05) is 6.92 Å². The number of alkyl halides is 1. The molecule has 0 radical (unpaired) electrons. The molecule has 2 heterocycles. The first-order valence-electron chi connectivity index (χ1n) is 5.83. The highest BCUT2D eigenvalue weighted by Crippen LogP contribution is 2.16. The second-order valence-electron chi connectivity index (χ2n) is 4.90. The Kier molecular flexibility index (Phi) is 3.39. The van der Waals surface area contributed by atoms with Gasteiger partial charge in [-0.2, -0.15) is 0 Å². The van der Waals surface area contributed by atoms with Gasteiger partial charge in [0.05, 0.1) is 0 Å². The standard InChI is InChI=1S/C11H21FN2/c1-10-3-2-4-13(7-10)5-6-14-8-11(12)9-14/h10-11H,2-9H2,1H3. The van der Waals surface area contributed by atoms with Gasteiger partial charge in [0.15, 0.2) is 0 Å². The maximum Gasteiger partial charge on any atom is 0.125 e. The summed E-state index contributed by atoms with van der Waals surface area (Å²) in [6.45, 7) is 8.36. The molecule has 2 fully saturated rings. The van der Waals surface area contributed by atoms with Crippen LogP contribution in [0.1, 0.15) is 19.8 Å². The summed E-state index contributed by atoms with van der Waals surface area (Å²) in [6, 6.07) is 0. The molecule has 0 saturated carbocycles. The van der Waals surface area contributed by atoms with Gasteiger partial charge in [-0.25, -0.2) is 4.39 Å². The van der Waals surface area contributed by atoms with Crippen molar-refractivity contribution in [3.63, 3.8) is 0 Å². The van der Waals surface area contributed by atoms with Crippen LogP contribution in [0, 0.1) is 5.92 Å². The Labute approximate surface area is 86.1 Å². The smallest absolute Gasteiger partial charge is 0.125 e. The highest BCUT2D eigenvalue weighted by molar-refractivity contribution is 4.80. The van der Waals surface area contributed by atoms with Crippen LogP contribution in [0.3, 0.4) is 0 Å². The average Bonchev–Trinajstić information content (AvgIpc) is 2.11. The van der Waals surface area contributed by atoms with Crippen LogP contribution in [-0.4, -0.2) is 55.2 Å². The van der Waals surface area contributed by atoms with Crippen LogP contribution in [0.2, 0.25) is 0 Å². The molecule has 0 spiro atoms. The van der Waals surface area contributed by atoms with E-state index in [0.717, 1.165) is 19.0 Å². The largest absolute Gasteiger partial charge is 0.302 e. The van der Waals surface area contributed by atoms with E-state index in [1.54, 1.807) is 0 Å². The molecule has 82 valence electrons. The summed E-state index contributed by atoms with van der Waals surface area (Å²) in [4.78, 5) is 4.74. The molecule has 14 heavy (non-hydrogen) atoms. The molecule has 3 heteroatoms. The van der Waals surface area contributed by atoms with E-state index in [-0.39, 0.29) is 0 Å². The summed E-state index contributed by atoms with van der Waals surface area (Å²) in [6.07, 6.45) is 2.18. The zero-order valence-electron chi connectivity index (χ0n) is 9.08. The molecule has 2 saturated heterocycles. The molecule has 0 aromatic rings. The molecule has 0 N–H and O–H groups in total. The molecule has 0 aromatic carbocycles. The zero-order chi connectivity index (χ0) is 9.97. The van der Waals surface area contributed by atoms with Gasteiger partial charge in [0.25, 0.3) is 0 Å². The Morgan fingerprint density at radius 2 is 1.86 bits per heavy atom. The van der Waals surface area contributed by atoms with Crippen LogP contribution in [0.4, 0.5) is 4.39 Å². The van der Waals surface area contributed by atoms with Gasteiger partial charge in [0.1, 0.15) is 6.17 Å². The molecule has 2 nitrogen and oxygen atoms in total. The number of hydrogen-bond acceptors (Lipinski definition) is 2. The van der Waals surface area contributed by atoms with Crippen LogP contribution in [0.25, 0.3) is 0 Å². The van der Waals surface area contributed by atoms with Crippen molar-refractivity contribution in [2.45, 2.75) is 25.9 Å². The molecular weight excluding hydrogens is 179 g/mol. The van der Waals surface area contributed by atoms with Crippen molar-refractivity contribution in [2.75, 3.05) is 39.3 Å². The van der Waals surface area contributed by atoms with Gasteiger partial charge in [0, 0.05) is 32.7 Å². The van der Waals surface area contributed by atoms with Gasteiger partial charge in [-0.3, -0.25) is 4.90 Å². The fraction of sp³-hybridized carbons (Fsp3) is 1.00. The first-order chi connectivity index (χ1) is 6.74. The van der Waals surface area contributed by atoms with Gasteiger partial charge >= 0.3 is 0 Å². The molecule has 2 aliphatic rings. The Hall–Kier alpha value is -0.150. The molecule has 2 aliphatic heterocycles. The van der Waals surface area contributed by atoms with Crippen LogP contribution >= 0.6 is 0 Å². The minimum atomic E-state index is -0.546. The van der Waals surface area contributed by atoms with Crippen LogP contribution in [0.5, 0.6) is 0 Å². The quantitative estimate of drug-likeness (QED) is 0.679. The maximum atomic E-state index is 12.5. The lowest BCUT2D eigenvalue weighted by Gasteiger charge is -2.37. The number of likely N-dealkylation sites (tertiary alicyclic amines) is 2. The number of nitrogens with zero attached hydrogens (tertiary/aromatic N) is 2. The lowest BCUT2D eigenvalue weighted by molar-refractivity contribution is 0.0507. The second kappa shape index (κ2) is 4.58. The normalized spacial score (nSPS) is 31.7. The van der Waals surface area contributed by atoms with Crippen molar-refractivity contribution < 1.29 is 4.39 Å². The molecule has 1 unspecified atom stereocenters. The summed E-state index contributed by atoms with van der Waals surface area (Å²) in [5.74, 6) is 0.856. The molecular formula is C11H21FN2. The van der Waals surface area contributed by atoms with E-state index in [1.807, 2.05) is 0 Å². The van der Waals surface area contributed by atoms with E-state index in [9.17, 15) is 4.39 Å². The lowest BCUT2D eigenvalue weighted by Crippen LogP contribution is -2.51. The van der Waals surface area contributed by atoms with E-state index in [2.05, 4.69) is 16.7 Å². The van der Waals surface area contributed by atoms with Crippen LogP contribution in [-0.2, 0) is 0 Å². The SMILES string of the molecule is CC1CCCN(CCN2CC(F)C2)C1. The lowest BCUT2D eigenvalue weighted by atomic mass is 10.0. The predicted molar refractivity (Wildman–Crippen MR) is 56.2 cm³/mol. The second-order valence-corrected chi connectivity index (χ2v) is 4.90. The highest BCUT2D eigenvalue weighted by atomic mass is 19.1. The monoisotopic (exact) mass is 200 g/mol. The minimum absolute atomic E-state index is 0.546. The fourth-order valence-electron chi connectivity index (χ4n) is 2.46. The molecule has 0 aromatic heterocycles. The summed E-state index contributed by atoms with van der Waals surface area (Å²) < 4.78 is 12.5. The van der Waals surface area contributed by atoms with Crippen LogP contribution in [0.15, 0.2) is 0 Å². The Morgan fingerprint density at radius 1 is 1.14 bits per heavy atom. The minimum Gasteiger partial charge on any atom is -0.302 e. The molecule has 1 atom stereocenters. The van der Waals surface area contributed by atoms with Crippen molar-refractivity contribution in [3.8, 4) is 0 Å². The van der Waals surface area contributed by atoms with Gasteiger partial charge in [-0.15, -0.1) is 0 Å². The third-order valence-electron chi connectivity index (χ3n) is 3.39. The Bertz CT molecular complexity index is 180. The molecule has 0 aliphatic carbocycles. The third kappa shape index (κ3) is 2.67. The number of hydrogen-bond donors (Lipinski definition) is 0. The van der Waals surface area contributed by atoms with Crippen molar-refractivity contribution >= 4 is 0 Å². The summed E-state index contributed by atoms with van der Waals surface area (Å²) >= 11 is 0. The topological polar surface area (TPSA) is 6.48 Å². The summed E-state index contributed by atoms with van der Waals surface area (Å²) in [5.41, 5.74) is 0. The highest BCUT2D eigenvalue weighted by Gasteiger charge is 2.26. The van der Waals surface area contributed by atoms with Gasteiger partial charge in [-0.05, 0) is 25.3 Å².